The van der Waals surface area contributed by atoms with Crippen LogP contribution in [0, 0.1) is 12.8 Å². The molecule has 1 aromatic carbocycles. The average Bonchev–Trinajstić information content (AvgIpc) is 3.27. The van der Waals surface area contributed by atoms with Gasteiger partial charge in [0.15, 0.2) is 0 Å². The van der Waals surface area contributed by atoms with Crippen molar-refractivity contribution in [2.24, 2.45) is 5.92 Å². The minimum absolute atomic E-state index is 0.741. The summed E-state index contributed by atoms with van der Waals surface area (Å²) in [5, 5.41) is 3.73. The number of methoxy groups -OCH3 is 1. The maximum Gasteiger partial charge on any atom is 0.122 e. The molecule has 0 amide bonds. The molecule has 1 atom stereocenters. The van der Waals surface area contributed by atoms with Crippen LogP contribution >= 0.6 is 0 Å². The first-order valence-corrected chi connectivity index (χ1v) is 8.11. The van der Waals surface area contributed by atoms with Gasteiger partial charge < -0.3 is 10.1 Å². The summed E-state index contributed by atoms with van der Waals surface area (Å²) in [6.07, 6.45) is 7.75. The number of aryl methyl sites for hydroxylation is 2. The molecule has 1 aliphatic carbocycles. The highest BCUT2D eigenvalue weighted by Gasteiger charge is 2.30. The zero-order valence-corrected chi connectivity index (χ0v) is 13.2. The van der Waals surface area contributed by atoms with Crippen LogP contribution in [-0.4, -0.2) is 19.7 Å². The lowest BCUT2D eigenvalue weighted by Gasteiger charge is -2.18. The Kier molecular flexibility index (Phi) is 5.90. The Balaban J connectivity index is 1.83. The van der Waals surface area contributed by atoms with Crippen LogP contribution in [0.4, 0.5) is 0 Å². The molecule has 0 heterocycles. The summed E-state index contributed by atoms with van der Waals surface area (Å²) in [7, 11) is 1.77. The number of ether oxygens (including phenoxy) is 1. The number of hydrogen-bond acceptors (Lipinski definition) is 2. The minimum atomic E-state index is 0.741. The van der Waals surface area contributed by atoms with Crippen LogP contribution in [-0.2, 0) is 6.42 Å². The van der Waals surface area contributed by atoms with E-state index in [-0.39, 0.29) is 0 Å². The average molecular weight is 275 g/mol. The second-order valence-corrected chi connectivity index (χ2v) is 6.11. The van der Waals surface area contributed by atoms with Gasteiger partial charge in [-0.3, -0.25) is 0 Å². The molecule has 0 spiro atoms. The standard InChI is InChI=1S/C18H29NO/c1-4-12-19-17(15-9-10-15)7-5-6-16-13-14(2)8-11-18(16)20-3/h8,11,13,15,17,19H,4-7,9-10,12H2,1-3H3. The second kappa shape index (κ2) is 7.68. The summed E-state index contributed by atoms with van der Waals surface area (Å²) in [5.74, 6) is 1.99. The molecule has 1 saturated carbocycles. The lowest BCUT2D eigenvalue weighted by molar-refractivity contribution is 0.403. The molecule has 0 aliphatic heterocycles. The van der Waals surface area contributed by atoms with Gasteiger partial charge in [0.2, 0.25) is 0 Å². The van der Waals surface area contributed by atoms with Crippen molar-refractivity contribution in [2.45, 2.75) is 58.4 Å². The van der Waals surface area contributed by atoms with Gasteiger partial charge in [-0.05, 0) is 69.5 Å². The second-order valence-electron chi connectivity index (χ2n) is 6.11. The van der Waals surface area contributed by atoms with Crippen LogP contribution in [0.25, 0.3) is 0 Å². The van der Waals surface area contributed by atoms with E-state index < -0.39 is 0 Å². The lowest BCUT2D eigenvalue weighted by Crippen LogP contribution is -2.31. The quantitative estimate of drug-likeness (QED) is 0.732. The Labute approximate surface area is 123 Å². The van der Waals surface area contributed by atoms with Gasteiger partial charge in [0.1, 0.15) is 5.75 Å². The van der Waals surface area contributed by atoms with Crippen LogP contribution in [0.3, 0.4) is 0 Å². The van der Waals surface area contributed by atoms with Crippen LogP contribution in [0.2, 0.25) is 0 Å². The van der Waals surface area contributed by atoms with Crippen LogP contribution in [0.1, 0.15) is 50.2 Å². The third-order valence-electron chi connectivity index (χ3n) is 4.24. The fourth-order valence-electron chi connectivity index (χ4n) is 2.95. The Morgan fingerprint density at radius 1 is 1.35 bits per heavy atom. The van der Waals surface area contributed by atoms with E-state index in [4.69, 9.17) is 4.74 Å². The zero-order valence-electron chi connectivity index (χ0n) is 13.2. The van der Waals surface area contributed by atoms with E-state index in [9.17, 15) is 0 Å². The molecule has 1 unspecified atom stereocenters. The fraction of sp³-hybridized carbons (Fsp3) is 0.667. The van der Waals surface area contributed by atoms with Gasteiger partial charge in [-0.15, -0.1) is 0 Å². The topological polar surface area (TPSA) is 21.3 Å². The van der Waals surface area contributed by atoms with Crippen molar-refractivity contribution in [1.82, 2.24) is 5.32 Å². The number of benzene rings is 1. The molecular formula is C18H29NO. The molecule has 112 valence electrons. The molecular weight excluding hydrogens is 246 g/mol. The highest BCUT2D eigenvalue weighted by atomic mass is 16.5. The van der Waals surface area contributed by atoms with Gasteiger partial charge >= 0.3 is 0 Å². The molecule has 0 bridgehead atoms. The summed E-state index contributed by atoms with van der Waals surface area (Å²) >= 11 is 0. The maximum absolute atomic E-state index is 5.47. The third kappa shape index (κ3) is 4.52. The third-order valence-corrected chi connectivity index (χ3v) is 4.24. The van der Waals surface area contributed by atoms with Crippen LogP contribution in [0.5, 0.6) is 5.75 Å². The normalized spacial score (nSPS) is 16.1. The molecule has 0 saturated heterocycles. The molecule has 2 rings (SSSR count). The molecule has 1 aromatic rings. The monoisotopic (exact) mass is 275 g/mol. The first-order valence-electron chi connectivity index (χ1n) is 8.11. The molecule has 1 aliphatic rings. The Morgan fingerprint density at radius 2 is 2.15 bits per heavy atom. The Bertz CT molecular complexity index is 412. The summed E-state index contributed by atoms with van der Waals surface area (Å²) in [6.45, 7) is 5.56. The number of rotatable bonds is 9. The van der Waals surface area contributed by atoms with E-state index in [0.717, 1.165) is 30.7 Å². The SMILES string of the molecule is CCCNC(CCCc1cc(C)ccc1OC)C1CC1. The largest absolute Gasteiger partial charge is 0.496 e. The lowest BCUT2D eigenvalue weighted by atomic mass is 10.00. The van der Waals surface area contributed by atoms with E-state index in [1.54, 1.807) is 7.11 Å². The number of nitrogens with one attached hydrogen (secondary N) is 1. The summed E-state index contributed by atoms with van der Waals surface area (Å²) < 4.78 is 5.47. The maximum atomic E-state index is 5.47. The van der Waals surface area contributed by atoms with E-state index in [2.05, 4.69) is 37.4 Å². The zero-order chi connectivity index (χ0) is 14.4. The molecule has 2 nitrogen and oxygen atoms in total. The first kappa shape index (κ1) is 15.4. The van der Waals surface area contributed by atoms with Crippen molar-refractivity contribution in [3.63, 3.8) is 0 Å². The molecule has 1 N–H and O–H groups in total. The summed E-state index contributed by atoms with van der Waals surface area (Å²) in [6, 6.07) is 7.23. The highest BCUT2D eigenvalue weighted by Crippen LogP contribution is 2.35. The van der Waals surface area contributed by atoms with Crippen LogP contribution in [0.15, 0.2) is 18.2 Å². The van der Waals surface area contributed by atoms with Crippen molar-refractivity contribution in [1.29, 1.82) is 0 Å². The van der Waals surface area contributed by atoms with Crippen LogP contribution < -0.4 is 10.1 Å². The highest BCUT2D eigenvalue weighted by molar-refractivity contribution is 5.36. The van der Waals surface area contributed by atoms with Gasteiger partial charge in [-0.25, -0.2) is 0 Å². The molecule has 0 aromatic heterocycles. The molecule has 1 fully saturated rings. The van der Waals surface area contributed by atoms with Gasteiger partial charge in [0.05, 0.1) is 7.11 Å². The van der Waals surface area contributed by atoms with Gasteiger partial charge in [0, 0.05) is 6.04 Å². The molecule has 20 heavy (non-hydrogen) atoms. The minimum Gasteiger partial charge on any atom is -0.496 e. The van der Waals surface area contributed by atoms with Crippen molar-refractivity contribution in [3.8, 4) is 5.75 Å². The van der Waals surface area contributed by atoms with E-state index in [0.29, 0.717) is 0 Å². The first-order chi connectivity index (χ1) is 9.74. The summed E-state index contributed by atoms with van der Waals surface area (Å²) in [5.41, 5.74) is 2.68. The Hall–Kier alpha value is -1.02. The van der Waals surface area contributed by atoms with Crippen molar-refractivity contribution >= 4 is 0 Å². The van der Waals surface area contributed by atoms with Crippen molar-refractivity contribution in [2.75, 3.05) is 13.7 Å². The Morgan fingerprint density at radius 3 is 2.80 bits per heavy atom. The molecule has 0 radical (unpaired) electrons. The van der Waals surface area contributed by atoms with E-state index in [1.165, 1.54) is 43.2 Å². The van der Waals surface area contributed by atoms with E-state index in [1.807, 2.05) is 0 Å². The van der Waals surface area contributed by atoms with Crippen molar-refractivity contribution < 1.29 is 4.74 Å². The fourth-order valence-corrected chi connectivity index (χ4v) is 2.95. The number of hydrogen-bond donors (Lipinski definition) is 1. The molecule has 2 heteroatoms. The van der Waals surface area contributed by atoms with Crippen molar-refractivity contribution in [3.05, 3.63) is 29.3 Å². The smallest absolute Gasteiger partial charge is 0.122 e. The van der Waals surface area contributed by atoms with Gasteiger partial charge in [0.25, 0.3) is 0 Å². The van der Waals surface area contributed by atoms with Gasteiger partial charge in [-0.2, -0.15) is 0 Å². The summed E-state index contributed by atoms with van der Waals surface area (Å²) in [4.78, 5) is 0. The predicted molar refractivity (Wildman–Crippen MR) is 85.5 cm³/mol. The van der Waals surface area contributed by atoms with E-state index >= 15 is 0 Å². The predicted octanol–water partition coefficient (Wildman–Crippen LogP) is 4.10. The van der Waals surface area contributed by atoms with Gasteiger partial charge in [-0.1, -0.05) is 24.6 Å².